The summed E-state index contributed by atoms with van der Waals surface area (Å²) in [6.07, 6.45) is 3.28. The Labute approximate surface area is 254 Å². The summed E-state index contributed by atoms with van der Waals surface area (Å²) in [4.78, 5) is 45.6. The lowest BCUT2D eigenvalue weighted by molar-refractivity contribution is -0.150. The number of benzene rings is 2. The number of piperidine rings is 1. The first-order valence-electron chi connectivity index (χ1n) is 15.6. The van der Waals surface area contributed by atoms with E-state index in [1.807, 2.05) is 60.4 Å². The Balaban J connectivity index is 1.29. The summed E-state index contributed by atoms with van der Waals surface area (Å²) in [5, 5.41) is 9.78. The maximum atomic E-state index is 16.1. The van der Waals surface area contributed by atoms with E-state index in [9.17, 15) is 19.5 Å². The third-order valence-corrected chi connectivity index (χ3v) is 12.5. The number of amides is 3. The molecule has 0 aliphatic carbocycles. The van der Waals surface area contributed by atoms with Gasteiger partial charge in [-0.3, -0.25) is 14.4 Å². The number of nitrogens with zero attached hydrogens (tertiary/aromatic N) is 3. The molecule has 3 amide bonds. The van der Waals surface area contributed by atoms with Gasteiger partial charge in [0.25, 0.3) is 5.91 Å². The lowest BCUT2D eigenvalue weighted by Crippen LogP contribution is -2.45. The number of hydrogen-bond donors (Lipinski definition) is 1. The minimum Gasteiger partial charge on any atom is -0.394 e. The van der Waals surface area contributed by atoms with Crippen LogP contribution in [-0.2, 0) is 31.3 Å². The molecular weight excluding hydrogens is 565 g/mol. The van der Waals surface area contributed by atoms with Gasteiger partial charge in [-0.05, 0) is 62.5 Å². The summed E-state index contributed by atoms with van der Waals surface area (Å²) >= 11 is 0. The van der Waals surface area contributed by atoms with E-state index < -0.39 is 31.6 Å². The Hall–Kier alpha value is -3.08. The van der Waals surface area contributed by atoms with Crippen molar-refractivity contribution in [3.8, 4) is 0 Å². The number of halogens is 1. The summed E-state index contributed by atoms with van der Waals surface area (Å²) in [6, 6.07) is 15.1. The zero-order chi connectivity index (χ0) is 30.5. The van der Waals surface area contributed by atoms with Crippen LogP contribution < -0.4 is 9.80 Å². The highest BCUT2D eigenvalue weighted by atomic mass is 28.4. The molecule has 5 atom stereocenters. The van der Waals surface area contributed by atoms with Gasteiger partial charge in [0.2, 0.25) is 20.2 Å². The molecular formula is C33H42FN3O5Si. The van der Waals surface area contributed by atoms with Crippen LogP contribution in [0.15, 0.2) is 48.5 Å². The predicted octanol–water partition coefficient (Wildman–Crippen LogP) is 4.90. The number of aliphatic hydroxyl groups excluding tert-OH is 1. The van der Waals surface area contributed by atoms with Crippen molar-refractivity contribution in [1.82, 2.24) is 4.90 Å². The van der Waals surface area contributed by atoms with E-state index in [1.54, 1.807) is 22.9 Å². The molecule has 4 aliphatic rings. The molecule has 4 aliphatic heterocycles. The van der Waals surface area contributed by atoms with E-state index in [1.165, 1.54) is 0 Å². The molecule has 3 fully saturated rings. The van der Waals surface area contributed by atoms with Crippen LogP contribution in [0.2, 0.25) is 18.6 Å². The Bertz CT molecular complexity index is 1400. The maximum absolute atomic E-state index is 16.1. The first kappa shape index (κ1) is 30.0. The molecule has 0 unspecified atom stereocenters. The molecule has 2 aromatic rings. The van der Waals surface area contributed by atoms with Gasteiger partial charge in [-0.15, -0.1) is 0 Å². The van der Waals surface area contributed by atoms with Crippen LogP contribution >= 0.6 is 0 Å². The van der Waals surface area contributed by atoms with Crippen LogP contribution in [0.5, 0.6) is 0 Å². The second-order valence-corrected chi connectivity index (χ2v) is 16.9. The highest BCUT2D eigenvalue weighted by Crippen LogP contribution is 2.60. The number of aliphatic hydroxyl groups is 1. The van der Waals surface area contributed by atoms with Gasteiger partial charge in [-0.25, -0.2) is 0 Å². The van der Waals surface area contributed by atoms with Crippen molar-refractivity contribution in [2.75, 3.05) is 29.5 Å². The summed E-state index contributed by atoms with van der Waals surface area (Å²) < 4.78 is 22.8. The van der Waals surface area contributed by atoms with Crippen LogP contribution in [0.4, 0.5) is 15.5 Å². The first-order chi connectivity index (χ1) is 20.6. The first-order valence-corrected chi connectivity index (χ1v) is 18.6. The zero-order valence-electron chi connectivity index (χ0n) is 25.3. The summed E-state index contributed by atoms with van der Waals surface area (Å²) in [5.74, 6) is -0.730. The fourth-order valence-electron chi connectivity index (χ4n) is 8.04. The van der Waals surface area contributed by atoms with Gasteiger partial charge in [0.05, 0.1) is 37.4 Å². The number of fused-ring (bicyclic) bond motifs is 2. The van der Waals surface area contributed by atoms with Gasteiger partial charge in [-0.2, -0.15) is 0 Å². The zero-order valence-corrected chi connectivity index (χ0v) is 26.3. The second-order valence-electron chi connectivity index (χ2n) is 13.1. The third kappa shape index (κ3) is 5.11. The van der Waals surface area contributed by atoms with E-state index in [0.717, 1.165) is 48.2 Å². The van der Waals surface area contributed by atoms with Crippen molar-refractivity contribution < 1.29 is 28.3 Å². The molecule has 10 heteroatoms. The molecule has 43 heavy (non-hydrogen) atoms. The number of carbonyl (C=O) groups is 3. The predicted molar refractivity (Wildman–Crippen MR) is 165 cm³/mol. The Morgan fingerprint density at radius 1 is 1.07 bits per heavy atom. The van der Waals surface area contributed by atoms with Gasteiger partial charge < -0.3 is 28.7 Å². The Kier molecular flexibility index (Phi) is 7.98. The number of ether oxygens (including phenoxy) is 1. The second kappa shape index (κ2) is 11.4. The molecule has 4 heterocycles. The summed E-state index contributed by atoms with van der Waals surface area (Å²) in [5.41, 5.74) is 1.27. The van der Waals surface area contributed by atoms with Crippen molar-refractivity contribution in [2.24, 2.45) is 5.92 Å². The van der Waals surface area contributed by atoms with E-state index in [4.69, 9.17) is 4.74 Å². The van der Waals surface area contributed by atoms with Crippen LogP contribution in [-0.4, -0.2) is 68.0 Å². The van der Waals surface area contributed by atoms with E-state index in [0.29, 0.717) is 26.1 Å². The van der Waals surface area contributed by atoms with Crippen molar-refractivity contribution in [2.45, 2.75) is 88.4 Å². The number of hydrogen-bond acceptors (Lipinski definition) is 5. The Morgan fingerprint density at radius 3 is 2.51 bits per heavy atom. The monoisotopic (exact) mass is 607 g/mol. The van der Waals surface area contributed by atoms with Gasteiger partial charge in [0.1, 0.15) is 0 Å². The summed E-state index contributed by atoms with van der Waals surface area (Å²) in [6.45, 7) is 6.66. The molecule has 0 saturated carbocycles. The van der Waals surface area contributed by atoms with Crippen LogP contribution in [0.1, 0.15) is 56.6 Å². The number of para-hydroxylation sites is 1. The molecule has 2 aromatic carbocycles. The van der Waals surface area contributed by atoms with Gasteiger partial charge in [0, 0.05) is 42.2 Å². The normalized spacial score (nSPS) is 29.2. The van der Waals surface area contributed by atoms with Gasteiger partial charge in [-0.1, -0.05) is 37.3 Å². The van der Waals surface area contributed by atoms with Crippen molar-refractivity contribution in [3.63, 3.8) is 0 Å². The lowest BCUT2D eigenvalue weighted by atomic mass is 9.82. The van der Waals surface area contributed by atoms with Crippen LogP contribution in [0.25, 0.3) is 0 Å². The number of anilines is 2. The van der Waals surface area contributed by atoms with Crippen LogP contribution in [0, 0.1) is 5.92 Å². The number of likely N-dealkylation sites (tertiary alicyclic amines) is 1. The smallest absolute Gasteiger partial charge is 0.264 e. The molecule has 0 bridgehead atoms. The highest BCUT2D eigenvalue weighted by molar-refractivity contribution is 6.72. The molecule has 0 aromatic heterocycles. The van der Waals surface area contributed by atoms with E-state index >= 15 is 4.11 Å². The quantitative estimate of drug-likeness (QED) is 0.357. The minimum atomic E-state index is -3.40. The largest absolute Gasteiger partial charge is 0.394 e. The topological polar surface area (TPSA) is 90.4 Å². The standard InChI is InChI=1S/C33H42FN3O5Si/c1-22-31(43(2,3)34)28(19-30(40)36-18-8-9-25(36)21-38)42-33(22)26-10-4-5-11-27(26)37(32(33)41)20-23-13-15-24(16-14-23)35-17-7-6-12-29(35)39/h4-5,10-11,13-16,22,25,28,31,38H,6-9,12,17-21H2,1-3H3/t22-,25-,28+,31-,33+/m0/s1. The fraction of sp³-hybridized carbons (Fsp3) is 0.545. The average Bonchev–Trinajstić information content (AvgIpc) is 3.64. The van der Waals surface area contributed by atoms with Crippen LogP contribution in [0.3, 0.4) is 0 Å². The molecule has 230 valence electrons. The van der Waals surface area contributed by atoms with E-state index in [2.05, 4.69) is 0 Å². The Morgan fingerprint density at radius 2 is 1.81 bits per heavy atom. The molecule has 1 spiro atoms. The fourth-order valence-corrected chi connectivity index (χ4v) is 10.5. The molecule has 0 radical (unpaired) electrons. The van der Waals surface area contributed by atoms with E-state index in [-0.39, 0.29) is 36.8 Å². The van der Waals surface area contributed by atoms with Gasteiger partial charge in [0.15, 0.2) is 5.60 Å². The molecule has 6 rings (SSSR count). The third-order valence-electron chi connectivity index (χ3n) is 10.1. The lowest BCUT2D eigenvalue weighted by Gasteiger charge is -2.31. The van der Waals surface area contributed by atoms with Crippen molar-refractivity contribution >= 4 is 37.5 Å². The number of carbonyl (C=O) groups excluding carboxylic acids is 3. The average molecular weight is 608 g/mol. The molecule has 1 N–H and O–H groups in total. The van der Waals surface area contributed by atoms with Crippen molar-refractivity contribution in [3.05, 3.63) is 59.7 Å². The molecule has 3 saturated heterocycles. The molecule has 8 nitrogen and oxygen atoms in total. The van der Waals surface area contributed by atoms with Crippen molar-refractivity contribution in [1.29, 1.82) is 0 Å². The van der Waals surface area contributed by atoms with Gasteiger partial charge >= 0.3 is 0 Å². The minimum absolute atomic E-state index is 0.0142. The summed E-state index contributed by atoms with van der Waals surface area (Å²) in [7, 11) is -3.40. The number of rotatable bonds is 7. The SMILES string of the molecule is C[C@H]1[C@H]([Si](C)(C)F)[C@@H](CC(=O)N2CCC[C@H]2CO)O[C@]12C(=O)N(Cc1ccc(N3CCCCC3=O)cc1)c1ccccc12. The highest BCUT2D eigenvalue weighted by Gasteiger charge is 2.67. The maximum Gasteiger partial charge on any atom is 0.264 e.